The van der Waals surface area contributed by atoms with Crippen LogP contribution in [0.3, 0.4) is 0 Å². The lowest BCUT2D eigenvalue weighted by atomic mass is 10.1. The van der Waals surface area contributed by atoms with E-state index in [-0.39, 0.29) is 29.4 Å². The number of hydrazine groups is 1. The molecule has 0 fully saturated rings. The van der Waals surface area contributed by atoms with Crippen LogP contribution in [0.2, 0.25) is 0 Å². The summed E-state index contributed by atoms with van der Waals surface area (Å²) in [6.07, 6.45) is -3.56. The number of nitrogens with zero attached hydrogens (tertiary/aromatic N) is 6. The van der Waals surface area contributed by atoms with Gasteiger partial charge in [0.15, 0.2) is 5.69 Å². The number of benzene rings is 1. The van der Waals surface area contributed by atoms with E-state index in [9.17, 15) is 28.1 Å². The SMILES string of the molecule is Nc1nonc1-n1cc(C(=O)NNCc2ccc(C(F)(F)F)cc2[N+](=O)[O-])nn1. The molecule has 16 heteroatoms. The summed E-state index contributed by atoms with van der Waals surface area (Å²) in [5, 5.41) is 25.0. The van der Waals surface area contributed by atoms with Gasteiger partial charge in [0.05, 0.1) is 16.7 Å². The maximum atomic E-state index is 12.7. The zero-order valence-electron chi connectivity index (χ0n) is 14.0. The molecule has 0 radical (unpaired) electrons. The fourth-order valence-electron chi connectivity index (χ4n) is 2.16. The second-order valence-electron chi connectivity index (χ2n) is 5.43. The summed E-state index contributed by atoms with van der Waals surface area (Å²) in [6.45, 7) is -0.325. The molecule has 1 aromatic carbocycles. The summed E-state index contributed by atoms with van der Waals surface area (Å²) in [6, 6.07) is 2.06. The van der Waals surface area contributed by atoms with Gasteiger partial charge in [-0.2, -0.15) is 17.9 Å². The average Bonchev–Trinajstić information content (AvgIpc) is 3.29. The fourth-order valence-corrected chi connectivity index (χ4v) is 2.16. The molecule has 3 aromatic rings. The summed E-state index contributed by atoms with van der Waals surface area (Å²) in [4.78, 5) is 22.1. The molecule has 152 valence electrons. The number of nitrogens with two attached hydrogens (primary N) is 1. The molecule has 13 nitrogen and oxygen atoms in total. The van der Waals surface area contributed by atoms with E-state index in [2.05, 4.69) is 36.1 Å². The highest BCUT2D eigenvalue weighted by Crippen LogP contribution is 2.32. The molecule has 0 aliphatic carbocycles. The first kappa shape index (κ1) is 19.7. The van der Waals surface area contributed by atoms with E-state index in [1.165, 1.54) is 0 Å². The van der Waals surface area contributed by atoms with Crippen LogP contribution in [0.5, 0.6) is 0 Å². The van der Waals surface area contributed by atoms with Gasteiger partial charge in [0.25, 0.3) is 11.6 Å². The molecule has 4 N–H and O–H groups in total. The van der Waals surface area contributed by atoms with Crippen LogP contribution < -0.4 is 16.6 Å². The third kappa shape index (κ3) is 4.26. The van der Waals surface area contributed by atoms with Crippen LogP contribution in [-0.2, 0) is 12.7 Å². The Morgan fingerprint density at radius 1 is 1.34 bits per heavy atom. The number of aromatic nitrogens is 5. The van der Waals surface area contributed by atoms with E-state index in [1.807, 2.05) is 0 Å². The Kier molecular flexibility index (Phi) is 5.09. The van der Waals surface area contributed by atoms with Crippen molar-refractivity contribution in [2.24, 2.45) is 0 Å². The van der Waals surface area contributed by atoms with Crippen molar-refractivity contribution in [1.82, 2.24) is 36.2 Å². The molecule has 0 spiro atoms. The van der Waals surface area contributed by atoms with Gasteiger partial charge in [0, 0.05) is 18.2 Å². The van der Waals surface area contributed by atoms with Crippen LogP contribution in [0, 0.1) is 10.1 Å². The maximum absolute atomic E-state index is 12.7. The number of anilines is 1. The molecule has 0 aliphatic rings. The molecular formula is C13H10F3N9O4. The topological polar surface area (TPSA) is 180 Å². The van der Waals surface area contributed by atoms with Crippen LogP contribution in [0.15, 0.2) is 29.0 Å². The minimum Gasteiger partial charge on any atom is -0.378 e. The van der Waals surface area contributed by atoms with E-state index >= 15 is 0 Å². The largest absolute Gasteiger partial charge is 0.416 e. The number of carbonyl (C=O) groups is 1. The van der Waals surface area contributed by atoms with Gasteiger partial charge in [-0.3, -0.25) is 20.3 Å². The van der Waals surface area contributed by atoms with Crippen molar-refractivity contribution in [2.75, 3.05) is 5.73 Å². The zero-order valence-corrected chi connectivity index (χ0v) is 14.0. The fraction of sp³-hybridized carbons (Fsp3) is 0.154. The van der Waals surface area contributed by atoms with E-state index in [0.29, 0.717) is 12.1 Å². The molecule has 0 unspecified atom stereocenters. The molecule has 1 amide bonds. The summed E-state index contributed by atoms with van der Waals surface area (Å²) in [7, 11) is 0. The molecular weight excluding hydrogens is 403 g/mol. The third-order valence-electron chi connectivity index (χ3n) is 3.53. The first-order valence-corrected chi connectivity index (χ1v) is 7.55. The van der Waals surface area contributed by atoms with Crippen LogP contribution in [-0.4, -0.2) is 36.1 Å². The summed E-state index contributed by atoms with van der Waals surface area (Å²) >= 11 is 0. The Morgan fingerprint density at radius 3 is 2.72 bits per heavy atom. The Morgan fingerprint density at radius 2 is 2.10 bits per heavy atom. The Balaban J connectivity index is 1.66. The Bertz CT molecular complexity index is 1060. The van der Waals surface area contributed by atoms with Gasteiger partial charge < -0.3 is 5.73 Å². The second-order valence-corrected chi connectivity index (χ2v) is 5.43. The first-order valence-electron chi connectivity index (χ1n) is 7.55. The standard InChI is InChI=1S/C13H10F3N9O4/c14-13(15,16)7-2-1-6(9(3-7)25(27)28)4-18-20-12(26)8-5-24(23-19-8)11-10(17)21-29-22-11/h1-3,5,18H,4H2,(H2,17,21)(H,20,26). The van der Waals surface area contributed by atoms with Crippen molar-refractivity contribution >= 4 is 17.4 Å². The van der Waals surface area contributed by atoms with Crippen LogP contribution in [0.4, 0.5) is 24.7 Å². The van der Waals surface area contributed by atoms with Crippen LogP contribution in [0.25, 0.3) is 5.82 Å². The highest BCUT2D eigenvalue weighted by atomic mass is 19.4. The van der Waals surface area contributed by atoms with Crippen molar-refractivity contribution < 1.29 is 27.5 Å². The number of rotatable bonds is 6. The lowest BCUT2D eigenvalue weighted by molar-refractivity contribution is -0.385. The number of hydrogen-bond donors (Lipinski definition) is 3. The van der Waals surface area contributed by atoms with Crippen molar-refractivity contribution in [3.8, 4) is 5.82 Å². The lowest BCUT2D eigenvalue weighted by Gasteiger charge is -2.10. The van der Waals surface area contributed by atoms with Crippen LogP contribution in [0.1, 0.15) is 21.6 Å². The quantitative estimate of drug-likeness (QED) is 0.382. The van der Waals surface area contributed by atoms with Gasteiger partial charge in [-0.05, 0) is 16.4 Å². The molecule has 0 atom stereocenters. The molecule has 0 aliphatic heterocycles. The Labute approximate surface area is 157 Å². The van der Waals surface area contributed by atoms with Gasteiger partial charge in [0.2, 0.25) is 11.6 Å². The smallest absolute Gasteiger partial charge is 0.378 e. The van der Waals surface area contributed by atoms with Gasteiger partial charge in [0.1, 0.15) is 0 Å². The first-order chi connectivity index (χ1) is 13.7. The molecule has 29 heavy (non-hydrogen) atoms. The number of nitro benzene ring substituents is 1. The van der Waals surface area contributed by atoms with Crippen molar-refractivity contribution in [3.05, 3.63) is 51.3 Å². The van der Waals surface area contributed by atoms with E-state index in [4.69, 9.17) is 5.73 Å². The molecule has 2 heterocycles. The number of nitro groups is 1. The highest BCUT2D eigenvalue weighted by Gasteiger charge is 2.32. The minimum atomic E-state index is -4.72. The number of nitrogen functional groups attached to an aromatic ring is 1. The monoisotopic (exact) mass is 413 g/mol. The van der Waals surface area contributed by atoms with Gasteiger partial charge in [-0.25, -0.2) is 10.1 Å². The van der Waals surface area contributed by atoms with Gasteiger partial charge >= 0.3 is 6.18 Å². The summed E-state index contributed by atoms with van der Waals surface area (Å²) < 4.78 is 43.5. The highest BCUT2D eigenvalue weighted by molar-refractivity contribution is 5.91. The molecule has 0 saturated heterocycles. The summed E-state index contributed by atoms with van der Waals surface area (Å²) in [5.74, 6) is -0.861. The number of nitrogens with one attached hydrogen (secondary N) is 2. The van der Waals surface area contributed by atoms with E-state index < -0.39 is 28.3 Å². The van der Waals surface area contributed by atoms with Crippen molar-refractivity contribution in [3.63, 3.8) is 0 Å². The lowest BCUT2D eigenvalue weighted by Crippen LogP contribution is -2.37. The van der Waals surface area contributed by atoms with E-state index in [0.717, 1.165) is 16.9 Å². The zero-order chi connectivity index (χ0) is 21.2. The van der Waals surface area contributed by atoms with Crippen molar-refractivity contribution in [1.29, 1.82) is 0 Å². The summed E-state index contributed by atoms with van der Waals surface area (Å²) in [5.41, 5.74) is 7.89. The molecule has 0 bridgehead atoms. The van der Waals surface area contributed by atoms with Crippen molar-refractivity contribution in [2.45, 2.75) is 12.7 Å². The maximum Gasteiger partial charge on any atom is 0.416 e. The number of hydrogen-bond acceptors (Lipinski definition) is 10. The van der Waals surface area contributed by atoms with E-state index in [1.54, 1.807) is 0 Å². The van der Waals surface area contributed by atoms with Crippen LogP contribution >= 0.6 is 0 Å². The third-order valence-corrected chi connectivity index (χ3v) is 3.53. The minimum absolute atomic E-state index is 0.00453. The average molecular weight is 413 g/mol. The predicted molar refractivity (Wildman–Crippen MR) is 86.0 cm³/mol. The number of alkyl halides is 3. The number of halogens is 3. The van der Waals surface area contributed by atoms with Gasteiger partial charge in [-0.1, -0.05) is 11.3 Å². The normalized spacial score (nSPS) is 11.4. The molecule has 0 saturated carbocycles. The predicted octanol–water partition coefficient (Wildman–Crippen LogP) is 0.594. The number of carbonyl (C=O) groups excluding carboxylic acids is 1. The number of amides is 1. The molecule has 2 aromatic heterocycles. The Hall–Kier alpha value is -4.08. The van der Waals surface area contributed by atoms with Gasteiger partial charge in [-0.15, -0.1) is 5.10 Å². The second kappa shape index (κ2) is 7.50. The molecule has 3 rings (SSSR count).